The standard InChI is InChI=1S/C19H14N6OS/c1-10-21-19(25-23-10)22-18(26)12-6-13-9-20-24-17(13)14(7-12)16-8-11-4-2-3-5-15(11)27-16/h2-9H,1H3,(H,20,24)(H2,21,22,23,25,26). The van der Waals surface area contributed by atoms with Crippen LogP contribution in [0.3, 0.4) is 0 Å². The highest BCUT2D eigenvalue weighted by atomic mass is 32.1. The van der Waals surface area contributed by atoms with E-state index < -0.39 is 0 Å². The highest BCUT2D eigenvalue weighted by Crippen LogP contribution is 2.37. The molecule has 0 aliphatic heterocycles. The van der Waals surface area contributed by atoms with Gasteiger partial charge in [0.2, 0.25) is 5.95 Å². The van der Waals surface area contributed by atoms with Gasteiger partial charge in [0.15, 0.2) is 0 Å². The number of amides is 1. The molecular formula is C19H14N6OS. The number of hydrogen-bond acceptors (Lipinski definition) is 5. The number of hydrogen-bond donors (Lipinski definition) is 3. The lowest BCUT2D eigenvalue weighted by Gasteiger charge is -2.06. The van der Waals surface area contributed by atoms with Crippen molar-refractivity contribution >= 4 is 44.2 Å². The monoisotopic (exact) mass is 374 g/mol. The third-order valence-electron chi connectivity index (χ3n) is 4.33. The summed E-state index contributed by atoms with van der Waals surface area (Å²) >= 11 is 1.69. The minimum absolute atomic E-state index is 0.253. The summed E-state index contributed by atoms with van der Waals surface area (Å²) in [7, 11) is 0. The van der Waals surface area contributed by atoms with Gasteiger partial charge in [-0.2, -0.15) is 5.10 Å². The highest BCUT2D eigenvalue weighted by molar-refractivity contribution is 7.22. The van der Waals surface area contributed by atoms with Gasteiger partial charge in [0.05, 0.1) is 11.7 Å². The number of nitrogens with one attached hydrogen (secondary N) is 3. The molecule has 0 aliphatic carbocycles. The minimum atomic E-state index is -0.253. The Balaban J connectivity index is 1.61. The summed E-state index contributed by atoms with van der Waals surface area (Å²) < 4.78 is 1.20. The van der Waals surface area contributed by atoms with Crippen LogP contribution in [0.25, 0.3) is 31.4 Å². The molecule has 132 valence electrons. The molecule has 5 rings (SSSR count). The second kappa shape index (κ2) is 6.03. The van der Waals surface area contributed by atoms with Gasteiger partial charge in [-0.1, -0.05) is 18.2 Å². The van der Waals surface area contributed by atoms with E-state index in [1.165, 1.54) is 10.1 Å². The summed E-state index contributed by atoms with van der Waals surface area (Å²) in [5, 5.41) is 19.7. The second-order valence-electron chi connectivity index (χ2n) is 6.22. The molecule has 3 N–H and O–H groups in total. The lowest BCUT2D eigenvalue weighted by atomic mass is 10.0. The van der Waals surface area contributed by atoms with Crippen LogP contribution in [0, 0.1) is 6.92 Å². The SMILES string of the molecule is Cc1nnc(NC(=O)c2cc(-c3cc4ccccc4s3)c3[nH]ncc3c2)[nH]1. The number of anilines is 1. The quantitative estimate of drug-likeness (QED) is 0.442. The number of carbonyl (C=O) groups is 1. The van der Waals surface area contributed by atoms with Crippen molar-refractivity contribution in [3.8, 4) is 10.4 Å². The number of fused-ring (bicyclic) bond motifs is 2. The molecule has 0 fully saturated rings. The molecule has 7 nitrogen and oxygen atoms in total. The number of thiophene rings is 1. The first-order valence-corrected chi connectivity index (χ1v) is 9.16. The molecule has 8 heteroatoms. The van der Waals surface area contributed by atoms with Gasteiger partial charge >= 0.3 is 0 Å². The average molecular weight is 374 g/mol. The van der Waals surface area contributed by atoms with Crippen LogP contribution in [0.1, 0.15) is 16.2 Å². The summed E-state index contributed by atoms with van der Waals surface area (Å²) in [4.78, 5) is 16.7. The Morgan fingerprint density at radius 2 is 2.00 bits per heavy atom. The summed E-state index contributed by atoms with van der Waals surface area (Å²) in [6.07, 6.45) is 1.72. The first-order chi connectivity index (χ1) is 13.2. The van der Waals surface area contributed by atoms with Crippen molar-refractivity contribution in [1.82, 2.24) is 25.4 Å². The van der Waals surface area contributed by atoms with E-state index in [9.17, 15) is 4.79 Å². The maximum Gasteiger partial charge on any atom is 0.258 e. The third-order valence-corrected chi connectivity index (χ3v) is 5.48. The first kappa shape index (κ1) is 15.7. The van der Waals surface area contributed by atoms with Crippen molar-refractivity contribution in [3.63, 3.8) is 0 Å². The minimum Gasteiger partial charge on any atom is -0.311 e. The van der Waals surface area contributed by atoms with Crippen molar-refractivity contribution in [2.45, 2.75) is 6.92 Å². The Labute approximate surface area is 157 Å². The number of aromatic nitrogens is 5. The molecule has 0 aliphatic rings. The molecule has 27 heavy (non-hydrogen) atoms. The van der Waals surface area contributed by atoms with Crippen molar-refractivity contribution in [2.75, 3.05) is 5.32 Å². The van der Waals surface area contributed by atoms with E-state index in [4.69, 9.17) is 0 Å². The zero-order chi connectivity index (χ0) is 18.4. The number of rotatable bonds is 3. The molecule has 0 unspecified atom stereocenters. The van der Waals surface area contributed by atoms with Gasteiger partial charge in [-0.05, 0) is 36.6 Å². The van der Waals surface area contributed by atoms with Gasteiger partial charge in [-0.15, -0.1) is 21.5 Å². The smallest absolute Gasteiger partial charge is 0.258 e. The maximum atomic E-state index is 12.7. The van der Waals surface area contributed by atoms with Crippen molar-refractivity contribution in [2.24, 2.45) is 0 Å². The van der Waals surface area contributed by atoms with Crippen LogP contribution in [0.2, 0.25) is 0 Å². The third kappa shape index (κ3) is 2.76. The molecule has 3 heterocycles. The number of aromatic amines is 2. The zero-order valence-electron chi connectivity index (χ0n) is 14.3. The van der Waals surface area contributed by atoms with E-state index in [-0.39, 0.29) is 5.91 Å². The number of nitrogens with zero attached hydrogens (tertiary/aromatic N) is 3. The van der Waals surface area contributed by atoms with E-state index in [0.717, 1.165) is 21.3 Å². The maximum absolute atomic E-state index is 12.7. The van der Waals surface area contributed by atoms with Gasteiger partial charge in [0.1, 0.15) is 5.82 Å². The Hall–Kier alpha value is -3.52. The van der Waals surface area contributed by atoms with Crippen LogP contribution in [-0.2, 0) is 0 Å². The largest absolute Gasteiger partial charge is 0.311 e. The van der Waals surface area contributed by atoms with Crippen molar-refractivity contribution in [3.05, 3.63) is 60.0 Å². The van der Waals surface area contributed by atoms with E-state index in [2.05, 4.69) is 48.9 Å². The summed E-state index contributed by atoms with van der Waals surface area (Å²) in [6.45, 7) is 1.78. The first-order valence-electron chi connectivity index (χ1n) is 8.34. The van der Waals surface area contributed by atoms with E-state index >= 15 is 0 Å². The van der Waals surface area contributed by atoms with Crippen LogP contribution in [-0.4, -0.2) is 31.3 Å². The fourth-order valence-electron chi connectivity index (χ4n) is 3.08. The van der Waals surface area contributed by atoms with Crippen LogP contribution >= 0.6 is 11.3 Å². The lowest BCUT2D eigenvalue weighted by Crippen LogP contribution is -2.13. The molecule has 0 saturated carbocycles. The molecule has 5 aromatic rings. The molecule has 3 aromatic heterocycles. The van der Waals surface area contributed by atoms with E-state index in [0.29, 0.717) is 17.3 Å². The predicted molar refractivity (Wildman–Crippen MR) is 106 cm³/mol. The molecule has 0 atom stereocenters. The highest BCUT2D eigenvalue weighted by Gasteiger charge is 2.16. The predicted octanol–water partition coefficient (Wildman–Crippen LogP) is 4.12. The Kier molecular flexibility index (Phi) is 3.51. The van der Waals surface area contributed by atoms with E-state index in [1.54, 1.807) is 24.5 Å². The molecule has 0 bridgehead atoms. The number of benzene rings is 2. The topological polar surface area (TPSA) is 99.3 Å². The Morgan fingerprint density at radius 1 is 1.11 bits per heavy atom. The van der Waals surface area contributed by atoms with E-state index in [1.807, 2.05) is 24.3 Å². The van der Waals surface area contributed by atoms with Crippen LogP contribution < -0.4 is 5.32 Å². The fourth-order valence-corrected chi connectivity index (χ4v) is 4.17. The Bertz CT molecular complexity index is 1270. The van der Waals surface area contributed by atoms with Gasteiger partial charge in [-0.3, -0.25) is 15.2 Å². The summed E-state index contributed by atoms with van der Waals surface area (Å²) in [5.74, 6) is 0.714. The second-order valence-corrected chi connectivity index (χ2v) is 7.30. The zero-order valence-corrected chi connectivity index (χ0v) is 15.1. The normalized spacial score (nSPS) is 11.3. The van der Waals surface area contributed by atoms with Gasteiger partial charge in [-0.25, -0.2) is 0 Å². The van der Waals surface area contributed by atoms with Gasteiger partial charge in [0.25, 0.3) is 5.91 Å². The number of carbonyl (C=O) groups excluding carboxylic acids is 1. The number of H-pyrrole nitrogens is 2. The summed E-state index contributed by atoms with van der Waals surface area (Å²) in [5.41, 5.74) is 2.39. The van der Waals surface area contributed by atoms with Crippen LogP contribution in [0.4, 0.5) is 5.95 Å². The average Bonchev–Trinajstić information content (AvgIpc) is 3.39. The lowest BCUT2D eigenvalue weighted by molar-refractivity contribution is 0.102. The Morgan fingerprint density at radius 3 is 2.81 bits per heavy atom. The van der Waals surface area contributed by atoms with Crippen molar-refractivity contribution < 1.29 is 4.79 Å². The van der Waals surface area contributed by atoms with Gasteiger partial charge < -0.3 is 4.98 Å². The van der Waals surface area contributed by atoms with Crippen molar-refractivity contribution in [1.29, 1.82) is 0 Å². The van der Waals surface area contributed by atoms with Crippen LogP contribution in [0.5, 0.6) is 0 Å². The molecule has 0 radical (unpaired) electrons. The molecular weight excluding hydrogens is 360 g/mol. The van der Waals surface area contributed by atoms with Crippen LogP contribution in [0.15, 0.2) is 48.7 Å². The molecule has 2 aromatic carbocycles. The molecule has 0 saturated heterocycles. The molecule has 0 spiro atoms. The molecule has 1 amide bonds. The van der Waals surface area contributed by atoms with Gasteiger partial charge in [0, 0.05) is 26.1 Å². The fraction of sp³-hybridized carbons (Fsp3) is 0.0526. The number of aryl methyl sites for hydroxylation is 1. The summed E-state index contributed by atoms with van der Waals surface area (Å²) in [6, 6.07) is 14.1.